The van der Waals surface area contributed by atoms with Gasteiger partial charge in [-0.05, 0) is 36.8 Å². The number of piperidine rings is 1. The van der Waals surface area contributed by atoms with E-state index in [2.05, 4.69) is 18.7 Å². The van der Waals surface area contributed by atoms with Crippen LogP contribution >= 0.6 is 0 Å². The molecule has 0 spiro atoms. The zero-order valence-corrected chi connectivity index (χ0v) is 15.0. The minimum Gasteiger partial charge on any atom is -0.465 e. The Morgan fingerprint density at radius 2 is 1.92 bits per heavy atom. The largest absolute Gasteiger partial charge is 0.465 e. The number of likely N-dealkylation sites (tertiary alicyclic amines) is 1. The minimum atomic E-state index is -0.293. The predicted octanol–water partition coefficient (Wildman–Crippen LogP) is 3.81. The molecule has 3 rings (SSSR count). The van der Waals surface area contributed by atoms with E-state index in [9.17, 15) is 4.79 Å². The lowest BCUT2D eigenvalue weighted by atomic mass is 9.91. The molecule has 1 saturated heterocycles. The number of rotatable bonds is 3. The molecule has 2 aromatic rings. The van der Waals surface area contributed by atoms with E-state index in [-0.39, 0.29) is 5.97 Å². The van der Waals surface area contributed by atoms with E-state index < -0.39 is 0 Å². The second-order valence-electron chi connectivity index (χ2n) is 7.21. The molecule has 0 unspecified atom stereocenters. The number of fused-ring (bicyclic) bond motifs is 1. The molecule has 0 bridgehead atoms. The average molecular weight is 326 g/mol. The Bertz CT molecular complexity index is 747. The van der Waals surface area contributed by atoms with Crippen LogP contribution in [0, 0.1) is 18.8 Å². The van der Waals surface area contributed by atoms with E-state index in [1.807, 2.05) is 31.2 Å². The summed E-state index contributed by atoms with van der Waals surface area (Å²) in [7, 11) is 1.44. The number of benzene rings is 1. The number of nitrogens with zero attached hydrogens (tertiary/aromatic N) is 2. The van der Waals surface area contributed by atoms with Crippen molar-refractivity contribution in [2.45, 2.75) is 33.7 Å². The van der Waals surface area contributed by atoms with Crippen LogP contribution in [0.3, 0.4) is 0 Å². The lowest BCUT2D eigenvalue weighted by molar-refractivity contribution is 0.0595. The van der Waals surface area contributed by atoms with Gasteiger partial charge in [-0.25, -0.2) is 4.79 Å². The standard InChI is InChI=1S/C20H26N2O2/c1-13-9-14(2)11-22(10-13)12-18-19(20(23)24-4)15(3)16-7-5-6-8-17(16)21-18/h5-8,13-14H,9-12H2,1-4H3/t13-,14-/m1/s1. The number of para-hydroxylation sites is 1. The summed E-state index contributed by atoms with van der Waals surface area (Å²) < 4.78 is 5.04. The first kappa shape index (κ1) is 16.9. The van der Waals surface area contributed by atoms with E-state index in [1.165, 1.54) is 13.5 Å². The molecule has 2 heterocycles. The van der Waals surface area contributed by atoms with Gasteiger partial charge in [0.25, 0.3) is 0 Å². The monoisotopic (exact) mass is 326 g/mol. The van der Waals surface area contributed by atoms with Crippen LogP contribution in [0.4, 0.5) is 0 Å². The topological polar surface area (TPSA) is 42.4 Å². The summed E-state index contributed by atoms with van der Waals surface area (Å²) in [5.74, 6) is 1.06. The van der Waals surface area contributed by atoms with Crippen molar-refractivity contribution in [3.63, 3.8) is 0 Å². The molecule has 4 nitrogen and oxygen atoms in total. The van der Waals surface area contributed by atoms with Crippen molar-refractivity contribution in [3.8, 4) is 0 Å². The number of ether oxygens (including phenoxy) is 1. The maximum absolute atomic E-state index is 12.4. The molecule has 2 atom stereocenters. The van der Waals surface area contributed by atoms with Gasteiger partial charge in [0.2, 0.25) is 0 Å². The number of esters is 1. The number of carbonyl (C=O) groups excluding carboxylic acids is 1. The van der Waals surface area contributed by atoms with Gasteiger partial charge in [-0.3, -0.25) is 9.88 Å². The molecule has 0 radical (unpaired) electrons. The van der Waals surface area contributed by atoms with Gasteiger partial charge in [0.1, 0.15) is 0 Å². The Hall–Kier alpha value is -1.94. The van der Waals surface area contributed by atoms with E-state index in [0.29, 0.717) is 23.9 Å². The first-order valence-corrected chi connectivity index (χ1v) is 8.68. The van der Waals surface area contributed by atoms with Crippen molar-refractivity contribution in [1.29, 1.82) is 0 Å². The van der Waals surface area contributed by atoms with Crippen LogP contribution in [0.1, 0.15) is 41.9 Å². The highest BCUT2D eigenvalue weighted by molar-refractivity contribution is 5.98. The van der Waals surface area contributed by atoms with Crippen LogP contribution in [0.25, 0.3) is 10.9 Å². The van der Waals surface area contributed by atoms with Crippen molar-refractivity contribution in [2.24, 2.45) is 11.8 Å². The van der Waals surface area contributed by atoms with E-state index in [0.717, 1.165) is 35.2 Å². The number of methoxy groups -OCH3 is 1. The first-order chi connectivity index (χ1) is 11.5. The van der Waals surface area contributed by atoms with Crippen molar-refractivity contribution >= 4 is 16.9 Å². The second-order valence-corrected chi connectivity index (χ2v) is 7.21. The SMILES string of the molecule is COC(=O)c1c(CN2C[C@H](C)C[C@@H](C)C2)nc2ccccc2c1C. The highest BCUT2D eigenvalue weighted by Gasteiger charge is 2.25. The van der Waals surface area contributed by atoms with Crippen LogP contribution in [-0.2, 0) is 11.3 Å². The highest BCUT2D eigenvalue weighted by atomic mass is 16.5. The number of hydrogen-bond donors (Lipinski definition) is 0. The Morgan fingerprint density at radius 3 is 2.58 bits per heavy atom. The molecule has 4 heteroatoms. The Kier molecular flexibility index (Phi) is 4.86. The predicted molar refractivity (Wildman–Crippen MR) is 96.0 cm³/mol. The number of aromatic nitrogens is 1. The van der Waals surface area contributed by atoms with Crippen molar-refractivity contribution < 1.29 is 9.53 Å². The zero-order chi connectivity index (χ0) is 17.3. The highest BCUT2D eigenvalue weighted by Crippen LogP contribution is 2.27. The molecular weight excluding hydrogens is 300 g/mol. The summed E-state index contributed by atoms with van der Waals surface area (Å²) in [6, 6.07) is 7.99. The molecule has 0 aliphatic carbocycles. The summed E-state index contributed by atoms with van der Waals surface area (Å²) in [6.07, 6.45) is 1.27. The maximum atomic E-state index is 12.4. The van der Waals surface area contributed by atoms with Gasteiger partial charge in [0.15, 0.2) is 0 Å². The van der Waals surface area contributed by atoms with Gasteiger partial charge in [0.05, 0.1) is 23.9 Å². The van der Waals surface area contributed by atoms with Gasteiger partial charge in [-0.1, -0.05) is 32.0 Å². The summed E-state index contributed by atoms with van der Waals surface area (Å²) in [5.41, 5.74) is 3.36. The fraction of sp³-hybridized carbons (Fsp3) is 0.500. The molecule has 1 fully saturated rings. The number of pyridine rings is 1. The fourth-order valence-corrected chi connectivity index (χ4v) is 4.06. The van der Waals surface area contributed by atoms with Crippen LogP contribution in [0.5, 0.6) is 0 Å². The second kappa shape index (κ2) is 6.89. The Labute approximate surface area is 143 Å². The third kappa shape index (κ3) is 3.29. The molecule has 1 aromatic carbocycles. The van der Waals surface area contributed by atoms with E-state index in [1.54, 1.807) is 0 Å². The molecule has 0 amide bonds. The number of aryl methyl sites for hydroxylation is 1. The van der Waals surface area contributed by atoms with Gasteiger partial charge in [0, 0.05) is 25.0 Å². The normalized spacial score (nSPS) is 21.8. The quantitative estimate of drug-likeness (QED) is 0.805. The Balaban J connectivity index is 2.03. The maximum Gasteiger partial charge on any atom is 0.340 e. The Morgan fingerprint density at radius 1 is 1.25 bits per heavy atom. The molecule has 0 saturated carbocycles. The molecule has 128 valence electrons. The lowest BCUT2D eigenvalue weighted by Gasteiger charge is -2.35. The van der Waals surface area contributed by atoms with Crippen LogP contribution in [0.2, 0.25) is 0 Å². The van der Waals surface area contributed by atoms with Gasteiger partial charge >= 0.3 is 5.97 Å². The number of carbonyl (C=O) groups is 1. The summed E-state index contributed by atoms with van der Waals surface area (Å²) >= 11 is 0. The molecule has 0 N–H and O–H groups in total. The van der Waals surface area contributed by atoms with Crippen LogP contribution in [0.15, 0.2) is 24.3 Å². The average Bonchev–Trinajstić information content (AvgIpc) is 2.53. The zero-order valence-electron chi connectivity index (χ0n) is 15.0. The third-order valence-electron chi connectivity index (χ3n) is 4.93. The summed E-state index contributed by atoms with van der Waals surface area (Å²) in [6.45, 7) is 9.38. The fourth-order valence-electron chi connectivity index (χ4n) is 4.06. The van der Waals surface area contributed by atoms with Gasteiger partial charge < -0.3 is 4.74 Å². The van der Waals surface area contributed by atoms with Crippen molar-refractivity contribution in [3.05, 3.63) is 41.1 Å². The molecule has 1 aliphatic heterocycles. The van der Waals surface area contributed by atoms with Gasteiger partial charge in [-0.2, -0.15) is 0 Å². The molecular formula is C20H26N2O2. The van der Waals surface area contributed by atoms with E-state index >= 15 is 0 Å². The van der Waals surface area contributed by atoms with E-state index in [4.69, 9.17) is 9.72 Å². The molecule has 1 aliphatic rings. The van der Waals surface area contributed by atoms with Crippen molar-refractivity contribution in [1.82, 2.24) is 9.88 Å². The summed E-state index contributed by atoms with van der Waals surface area (Å²) in [5, 5.41) is 1.02. The molecule has 1 aromatic heterocycles. The summed E-state index contributed by atoms with van der Waals surface area (Å²) in [4.78, 5) is 19.6. The third-order valence-corrected chi connectivity index (χ3v) is 4.93. The van der Waals surface area contributed by atoms with Gasteiger partial charge in [-0.15, -0.1) is 0 Å². The number of hydrogen-bond acceptors (Lipinski definition) is 4. The van der Waals surface area contributed by atoms with Crippen LogP contribution in [-0.4, -0.2) is 36.1 Å². The minimum absolute atomic E-state index is 0.293. The van der Waals surface area contributed by atoms with Crippen molar-refractivity contribution in [2.75, 3.05) is 20.2 Å². The lowest BCUT2D eigenvalue weighted by Crippen LogP contribution is -2.38. The smallest absolute Gasteiger partial charge is 0.340 e. The molecule has 24 heavy (non-hydrogen) atoms. The van der Waals surface area contributed by atoms with Crippen LogP contribution < -0.4 is 0 Å². The first-order valence-electron chi connectivity index (χ1n) is 8.68.